The lowest BCUT2D eigenvalue weighted by Crippen LogP contribution is -2.21. The number of aryl methyl sites for hydroxylation is 2. The molecule has 3 nitrogen and oxygen atoms in total. The molecular formula is C15H21N3S. The third-order valence-electron chi connectivity index (χ3n) is 3.21. The van der Waals surface area contributed by atoms with Gasteiger partial charge in [0.15, 0.2) is 0 Å². The molecule has 102 valence electrons. The van der Waals surface area contributed by atoms with E-state index in [1.165, 1.54) is 34.0 Å². The standard InChI is InChI=1S/C15H21N3S/c1-4-6-12-7-9-13(10-8-12)14(16-5-2)15-11(3)17-18-19-15/h7-10,14,16H,4-6H2,1-3H3. The minimum absolute atomic E-state index is 0.209. The minimum atomic E-state index is 0.209. The Bertz CT molecular complexity index is 504. The Morgan fingerprint density at radius 2 is 1.95 bits per heavy atom. The van der Waals surface area contributed by atoms with Gasteiger partial charge in [0.2, 0.25) is 0 Å². The molecule has 1 aromatic heterocycles. The van der Waals surface area contributed by atoms with Gasteiger partial charge >= 0.3 is 0 Å². The molecule has 1 unspecified atom stereocenters. The molecule has 0 radical (unpaired) electrons. The summed E-state index contributed by atoms with van der Waals surface area (Å²) in [6, 6.07) is 9.11. The van der Waals surface area contributed by atoms with Crippen molar-refractivity contribution in [3.05, 3.63) is 46.0 Å². The maximum absolute atomic E-state index is 4.12. The van der Waals surface area contributed by atoms with Crippen molar-refractivity contribution >= 4 is 11.5 Å². The van der Waals surface area contributed by atoms with Crippen LogP contribution in [0.5, 0.6) is 0 Å². The Morgan fingerprint density at radius 1 is 1.21 bits per heavy atom. The molecule has 1 heterocycles. The van der Waals surface area contributed by atoms with E-state index in [0.717, 1.165) is 18.7 Å². The summed E-state index contributed by atoms with van der Waals surface area (Å²) >= 11 is 1.48. The molecule has 0 aliphatic heterocycles. The molecule has 0 amide bonds. The summed E-state index contributed by atoms with van der Waals surface area (Å²) in [5.74, 6) is 0. The van der Waals surface area contributed by atoms with Gasteiger partial charge in [0.1, 0.15) is 0 Å². The van der Waals surface area contributed by atoms with Gasteiger partial charge in [-0.3, -0.25) is 0 Å². The summed E-state index contributed by atoms with van der Waals surface area (Å²) in [7, 11) is 0. The molecule has 1 aromatic carbocycles. The van der Waals surface area contributed by atoms with Crippen LogP contribution in [-0.2, 0) is 6.42 Å². The lowest BCUT2D eigenvalue weighted by Gasteiger charge is -2.17. The van der Waals surface area contributed by atoms with Crippen molar-refractivity contribution in [3.8, 4) is 0 Å². The minimum Gasteiger partial charge on any atom is -0.306 e. The molecule has 2 rings (SSSR count). The molecule has 2 aromatic rings. The number of hydrogen-bond acceptors (Lipinski definition) is 4. The Hall–Kier alpha value is -1.26. The topological polar surface area (TPSA) is 37.8 Å². The predicted octanol–water partition coefficient (Wildman–Crippen LogP) is 3.50. The molecular weight excluding hydrogens is 254 g/mol. The zero-order valence-electron chi connectivity index (χ0n) is 11.8. The first-order valence-corrected chi connectivity index (χ1v) is 7.64. The summed E-state index contributed by atoms with van der Waals surface area (Å²) in [4.78, 5) is 1.21. The summed E-state index contributed by atoms with van der Waals surface area (Å²) in [6.45, 7) is 7.29. The predicted molar refractivity (Wildman–Crippen MR) is 80.6 cm³/mol. The monoisotopic (exact) mass is 275 g/mol. The van der Waals surface area contributed by atoms with Gasteiger partial charge in [-0.1, -0.05) is 49.0 Å². The summed E-state index contributed by atoms with van der Waals surface area (Å²) < 4.78 is 4.05. The third kappa shape index (κ3) is 3.39. The number of hydrogen-bond donors (Lipinski definition) is 1. The SMILES string of the molecule is CCCc1ccc(C(NCC)c2snnc2C)cc1. The van der Waals surface area contributed by atoms with Crippen molar-refractivity contribution in [2.45, 2.75) is 39.7 Å². The Balaban J connectivity index is 2.26. The van der Waals surface area contributed by atoms with Crippen LogP contribution < -0.4 is 5.32 Å². The maximum Gasteiger partial charge on any atom is 0.0776 e. The molecule has 1 N–H and O–H groups in total. The van der Waals surface area contributed by atoms with Crippen LogP contribution in [0.4, 0.5) is 0 Å². The van der Waals surface area contributed by atoms with Gasteiger partial charge in [0, 0.05) is 0 Å². The van der Waals surface area contributed by atoms with E-state index in [1.807, 2.05) is 6.92 Å². The lowest BCUT2D eigenvalue weighted by atomic mass is 10.0. The van der Waals surface area contributed by atoms with Crippen LogP contribution in [0.1, 0.15) is 48.0 Å². The second-order valence-corrected chi connectivity index (χ2v) is 5.49. The average molecular weight is 275 g/mol. The first-order chi connectivity index (χ1) is 9.26. The molecule has 0 aliphatic carbocycles. The normalized spacial score (nSPS) is 12.6. The molecule has 0 bridgehead atoms. The highest BCUT2D eigenvalue weighted by Gasteiger charge is 2.18. The van der Waals surface area contributed by atoms with E-state index in [9.17, 15) is 0 Å². The summed E-state index contributed by atoms with van der Waals surface area (Å²) in [5, 5.41) is 7.64. The number of aromatic nitrogens is 2. The molecule has 4 heteroatoms. The number of rotatable bonds is 6. The van der Waals surface area contributed by atoms with Crippen LogP contribution in [0.15, 0.2) is 24.3 Å². The average Bonchev–Trinajstić information content (AvgIpc) is 2.84. The van der Waals surface area contributed by atoms with Crippen LogP contribution in [-0.4, -0.2) is 16.1 Å². The highest BCUT2D eigenvalue weighted by atomic mass is 32.1. The fourth-order valence-corrected chi connectivity index (χ4v) is 2.98. The van der Waals surface area contributed by atoms with Crippen molar-refractivity contribution < 1.29 is 0 Å². The van der Waals surface area contributed by atoms with Gasteiger partial charge in [0.05, 0.1) is 16.6 Å². The van der Waals surface area contributed by atoms with Crippen molar-refractivity contribution in [2.24, 2.45) is 0 Å². The molecule has 19 heavy (non-hydrogen) atoms. The van der Waals surface area contributed by atoms with E-state index in [2.05, 4.69) is 53.0 Å². The van der Waals surface area contributed by atoms with Crippen molar-refractivity contribution in [1.82, 2.24) is 14.9 Å². The second kappa shape index (κ2) is 6.78. The fraction of sp³-hybridized carbons (Fsp3) is 0.467. The van der Waals surface area contributed by atoms with Crippen LogP contribution >= 0.6 is 11.5 Å². The number of benzene rings is 1. The molecule has 0 fully saturated rings. The van der Waals surface area contributed by atoms with Gasteiger partial charge in [-0.25, -0.2) is 0 Å². The second-order valence-electron chi connectivity index (χ2n) is 4.70. The quantitative estimate of drug-likeness (QED) is 0.877. The van der Waals surface area contributed by atoms with E-state index in [1.54, 1.807) is 0 Å². The van der Waals surface area contributed by atoms with E-state index in [0.29, 0.717) is 0 Å². The van der Waals surface area contributed by atoms with E-state index >= 15 is 0 Å². The molecule has 0 saturated carbocycles. The van der Waals surface area contributed by atoms with Crippen molar-refractivity contribution in [1.29, 1.82) is 0 Å². The molecule has 1 atom stereocenters. The smallest absolute Gasteiger partial charge is 0.0776 e. The van der Waals surface area contributed by atoms with Gasteiger partial charge in [-0.2, -0.15) is 0 Å². The van der Waals surface area contributed by atoms with Crippen LogP contribution in [0, 0.1) is 6.92 Å². The third-order valence-corrected chi connectivity index (χ3v) is 4.10. The number of nitrogens with zero attached hydrogens (tertiary/aromatic N) is 2. The van der Waals surface area contributed by atoms with E-state index in [4.69, 9.17) is 0 Å². The Labute approximate surface area is 119 Å². The lowest BCUT2D eigenvalue weighted by molar-refractivity contribution is 0.635. The molecule has 0 aliphatic rings. The van der Waals surface area contributed by atoms with Crippen LogP contribution in [0.25, 0.3) is 0 Å². The van der Waals surface area contributed by atoms with Crippen LogP contribution in [0.3, 0.4) is 0 Å². The van der Waals surface area contributed by atoms with Gasteiger partial charge in [0.25, 0.3) is 0 Å². The molecule has 0 spiro atoms. The summed E-state index contributed by atoms with van der Waals surface area (Å²) in [5.41, 5.74) is 3.71. The highest BCUT2D eigenvalue weighted by Crippen LogP contribution is 2.27. The van der Waals surface area contributed by atoms with Crippen molar-refractivity contribution in [3.63, 3.8) is 0 Å². The maximum atomic E-state index is 4.12. The van der Waals surface area contributed by atoms with Crippen molar-refractivity contribution in [2.75, 3.05) is 6.54 Å². The van der Waals surface area contributed by atoms with E-state index in [-0.39, 0.29) is 6.04 Å². The van der Waals surface area contributed by atoms with Gasteiger partial charge in [-0.15, -0.1) is 5.10 Å². The Kier molecular flexibility index (Phi) is 5.05. The van der Waals surface area contributed by atoms with Gasteiger partial charge < -0.3 is 5.32 Å². The zero-order chi connectivity index (χ0) is 13.7. The van der Waals surface area contributed by atoms with Crippen LogP contribution in [0.2, 0.25) is 0 Å². The Morgan fingerprint density at radius 3 is 2.47 bits per heavy atom. The fourth-order valence-electron chi connectivity index (χ4n) is 2.23. The first-order valence-electron chi connectivity index (χ1n) is 6.87. The molecule has 0 saturated heterocycles. The highest BCUT2D eigenvalue weighted by molar-refractivity contribution is 7.05. The number of nitrogens with one attached hydrogen (secondary N) is 1. The first kappa shape index (κ1) is 14.2. The summed E-state index contributed by atoms with van der Waals surface area (Å²) in [6.07, 6.45) is 2.33. The zero-order valence-corrected chi connectivity index (χ0v) is 12.6. The van der Waals surface area contributed by atoms with E-state index < -0.39 is 0 Å². The van der Waals surface area contributed by atoms with Gasteiger partial charge in [-0.05, 0) is 42.5 Å². The largest absolute Gasteiger partial charge is 0.306 e.